The van der Waals surface area contributed by atoms with E-state index in [0.29, 0.717) is 0 Å². The fourth-order valence-corrected chi connectivity index (χ4v) is 5.27. The molecule has 1 aromatic heterocycles. The van der Waals surface area contributed by atoms with Crippen LogP contribution >= 0.6 is 0 Å². The van der Waals surface area contributed by atoms with Crippen LogP contribution in [0.1, 0.15) is 17.2 Å². The molecule has 0 bridgehead atoms. The number of benzene rings is 5. The molecule has 0 saturated heterocycles. The second-order valence-corrected chi connectivity index (χ2v) is 8.31. The first-order valence-corrected chi connectivity index (χ1v) is 10.8. The van der Waals surface area contributed by atoms with Gasteiger partial charge >= 0.3 is 0 Å². The highest BCUT2D eigenvalue weighted by atomic mass is 14.9. The van der Waals surface area contributed by atoms with Crippen molar-refractivity contribution in [2.24, 2.45) is 0 Å². The van der Waals surface area contributed by atoms with Crippen LogP contribution in [0.3, 0.4) is 0 Å². The maximum Gasteiger partial charge on any atom is 0.0794 e. The topological polar surface area (TPSA) is 27.8 Å². The van der Waals surface area contributed by atoms with E-state index in [0.717, 1.165) is 0 Å². The third kappa shape index (κ3) is 2.33. The van der Waals surface area contributed by atoms with E-state index in [2.05, 4.69) is 113 Å². The van der Waals surface area contributed by atoms with E-state index in [1.165, 1.54) is 60.5 Å². The standard InChI is InChI=1S/C29H20N2/c1-2-9-19-18(8-1)16-17-23-27(19)22-11-4-6-15-26(22)31-29(23)24-13-7-12-21-20-10-3-5-14-25(20)30-28(21)24/h1-17,29-31H. The molecule has 2 nitrogen and oxygen atoms in total. The minimum atomic E-state index is 0.0752. The molecule has 1 aliphatic heterocycles. The van der Waals surface area contributed by atoms with Crippen molar-refractivity contribution in [2.45, 2.75) is 6.04 Å². The summed E-state index contributed by atoms with van der Waals surface area (Å²) in [6, 6.07) is 37.2. The maximum atomic E-state index is 3.85. The zero-order valence-electron chi connectivity index (χ0n) is 16.9. The molecular formula is C29H20N2. The summed E-state index contributed by atoms with van der Waals surface area (Å²) in [6.07, 6.45) is 0. The van der Waals surface area contributed by atoms with Crippen LogP contribution in [-0.4, -0.2) is 4.98 Å². The Morgan fingerprint density at radius 2 is 1.32 bits per heavy atom. The summed E-state index contributed by atoms with van der Waals surface area (Å²) in [7, 11) is 0. The first-order valence-electron chi connectivity index (χ1n) is 10.8. The van der Waals surface area contributed by atoms with Gasteiger partial charge in [0.05, 0.1) is 11.6 Å². The molecule has 6 aromatic rings. The van der Waals surface area contributed by atoms with E-state index in [-0.39, 0.29) is 6.04 Å². The van der Waals surface area contributed by atoms with Crippen molar-refractivity contribution in [1.82, 2.24) is 4.98 Å². The van der Waals surface area contributed by atoms with Crippen molar-refractivity contribution in [1.29, 1.82) is 0 Å². The van der Waals surface area contributed by atoms with Crippen LogP contribution in [0, 0.1) is 0 Å². The van der Waals surface area contributed by atoms with Crippen LogP contribution in [-0.2, 0) is 0 Å². The SMILES string of the molecule is c1ccc2c(c1)NC(c1cccc3c1[nH]c1ccccc13)c1ccc3ccccc3c1-2. The third-order valence-electron chi connectivity index (χ3n) is 6.65. The molecule has 0 aliphatic carbocycles. The summed E-state index contributed by atoms with van der Waals surface area (Å²) in [5.41, 5.74) is 8.78. The average molecular weight is 396 g/mol. The fraction of sp³-hybridized carbons (Fsp3) is 0.0345. The number of aromatic nitrogens is 1. The highest BCUT2D eigenvalue weighted by Gasteiger charge is 2.28. The Labute approximate surface area is 180 Å². The lowest BCUT2D eigenvalue weighted by atomic mass is 9.83. The number of hydrogen-bond donors (Lipinski definition) is 2. The summed E-state index contributed by atoms with van der Waals surface area (Å²) in [4.78, 5) is 3.70. The summed E-state index contributed by atoms with van der Waals surface area (Å²) in [5.74, 6) is 0. The average Bonchev–Trinajstić information content (AvgIpc) is 3.22. The quantitative estimate of drug-likeness (QED) is 0.293. The van der Waals surface area contributed by atoms with Crippen LogP contribution in [0.15, 0.2) is 103 Å². The second-order valence-electron chi connectivity index (χ2n) is 8.31. The molecule has 2 heterocycles. The first kappa shape index (κ1) is 16.7. The zero-order valence-corrected chi connectivity index (χ0v) is 16.9. The van der Waals surface area contributed by atoms with Crippen LogP contribution < -0.4 is 5.32 Å². The molecule has 1 aliphatic rings. The number of fused-ring (bicyclic) bond motifs is 8. The smallest absolute Gasteiger partial charge is 0.0794 e. The van der Waals surface area contributed by atoms with E-state index in [1.54, 1.807) is 0 Å². The lowest BCUT2D eigenvalue weighted by Crippen LogP contribution is -2.18. The second kappa shape index (κ2) is 6.23. The minimum absolute atomic E-state index is 0.0752. The van der Waals surface area contributed by atoms with Gasteiger partial charge in [-0.15, -0.1) is 0 Å². The number of H-pyrrole nitrogens is 1. The number of hydrogen-bond acceptors (Lipinski definition) is 1. The Balaban J connectivity index is 1.56. The van der Waals surface area contributed by atoms with E-state index in [1.807, 2.05) is 0 Å². The van der Waals surface area contributed by atoms with Crippen molar-refractivity contribution in [3.8, 4) is 11.1 Å². The van der Waals surface area contributed by atoms with Crippen LogP contribution in [0.5, 0.6) is 0 Å². The van der Waals surface area contributed by atoms with Crippen LogP contribution in [0.2, 0.25) is 0 Å². The van der Waals surface area contributed by atoms with E-state index < -0.39 is 0 Å². The highest BCUT2D eigenvalue weighted by Crippen LogP contribution is 2.47. The van der Waals surface area contributed by atoms with Gasteiger partial charge < -0.3 is 10.3 Å². The van der Waals surface area contributed by atoms with Gasteiger partial charge in [-0.2, -0.15) is 0 Å². The van der Waals surface area contributed by atoms with Crippen molar-refractivity contribution >= 4 is 38.3 Å². The van der Waals surface area contributed by atoms with Gasteiger partial charge in [-0.25, -0.2) is 0 Å². The Hall–Kier alpha value is -4.04. The van der Waals surface area contributed by atoms with Gasteiger partial charge in [0.1, 0.15) is 0 Å². The normalized spacial score (nSPS) is 15.0. The molecule has 0 spiro atoms. The molecule has 2 N–H and O–H groups in total. The number of anilines is 1. The molecule has 2 heteroatoms. The van der Waals surface area contributed by atoms with Gasteiger partial charge in [0.2, 0.25) is 0 Å². The van der Waals surface area contributed by atoms with Crippen molar-refractivity contribution < 1.29 is 0 Å². The Bertz CT molecular complexity index is 1620. The van der Waals surface area contributed by atoms with Gasteiger partial charge in [-0.3, -0.25) is 0 Å². The zero-order chi connectivity index (χ0) is 20.4. The van der Waals surface area contributed by atoms with Crippen molar-refractivity contribution in [3.63, 3.8) is 0 Å². The molecule has 0 radical (unpaired) electrons. The predicted octanol–water partition coefficient (Wildman–Crippen LogP) is 7.66. The molecular weight excluding hydrogens is 376 g/mol. The molecule has 1 unspecified atom stereocenters. The van der Waals surface area contributed by atoms with Gasteiger partial charge in [0, 0.05) is 33.1 Å². The summed E-state index contributed by atoms with van der Waals surface area (Å²) >= 11 is 0. The first-order chi connectivity index (χ1) is 15.4. The highest BCUT2D eigenvalue weighted by molar-refractivity contribution is 6.09. The van der Waals surface area contributed by atoms with Crippen LogP contribution in [0.4, 0.5) is 5.69 Å². The molecule has 146 valence electrons. The summed E-state index contributed by atoms with van der Waals surface area (Å²) in [6.45, 7) is 0. The molecule has 0 fully saturated rings. The molecule has 0 saturated carbocycles. The summed E-state index contributed by atoms with van der Waals surface area (Å²) < 4.78 is 0. The monoisotopic (exact) mass is 396 g/mol. The van der Waals surface area contributed by atoms with Crippen LogP contribution in [0.25, 0.3) is 43.7 Å². The van der Waals surface area contributed by atoms with Gasteiger partial charge in [-0.05, 0) is 34.0 Å². The molecule has 0 amide bonds. The number of aromatic amines is 1. The van der Waals surface area contributed by atoms with Crippen molar-refractivity contribution in [2.75, 3.05) is 5.32 Å². The van der Waals surface area contributed by atoms with Gasteiger partial charge in [0.15, 0.2) is 0 Å². The fourth-order valence-electron chi connectivity index (χ4n) is 5.27. The predicted molar refractivity (Wildman–Crippen MR) is 131 cm³/mol. The number of nitrogens with one attached hydrogen (secondary N) is 2. The Morgan fingerprint density at radius 1 is 0.548 bits per heavy atom. The lowest BCUT2D eigenvalue weighted by molar-refractivity contribution is 0.940. The van der Waals surface area contributed by atoms with E-state index in [4.69, 9.17) is 0 Å². The van der Waals surface area contributed by atoms with Gasteiger partial charge in [0.25, 0.3) is 0 Å². The number of rotatable bonds is 1. The molecule has 7 rings (SSSR count). The van der Waals surface area contributed by atoms with E-state index >= 15 is 0 Å². The third-order valence-corrected chi connectivity index (χ3v) is 6.65. The number of para-hydroxylation sites is 3. The maximum absolute atomic E-state index is 3.85. The largest absolute Gasteiger partial charge is 0.374 e. The summed E-state index contributed by atoms with van der Waals surface area (Å²) in [5, 5.41) is 8.98. The molecule has 5 aromatic carbocycles. The minimum Gasteiger partial charge on any atom is -0.374 e. The van der Waals surface area contributed by atoms with Crippen molar-refractivity contribution in [3.05, 3.63) is 114 Å². The molecule has 1 atom stereocenters. The van der Waals surface area contributed by atoms with E-state index in [9.17, 15) is 0 Å². The van der Waals surface area contributed by atoms with Gasteiger partial charge in [-0.1, -0.05) is 91.0 Å². The Morgan fingerprint density at radius 3 is 2.29 bits per heavy atom. The Kier molecular flexibility index (Phi) is 3.36. The lowest BCUT2D eigenvalue weighted by Gasteiger charge is -2.31. The molecule has 31 heavy (non-hydrogen) atoms.